The summed E-state index contributed by atoms with van der Waals surface area (Å²) < 4.78 is 60.5. The average molecular weight is 247 g/mol. The molecule has 1 amide bonds. The van der Waals surface area contributed by atoms with Crippen molar-refractivity contribution < 1.29 is 26.7 Å². The first kappa shape index (κ1) is 15.1. The molecule has 1 N–H and O–H groups in total. The van der Waals surface area contributed by atoms with Crippen LogP contribution in [-0.4, -0.2) is 24.0 Å². The van der Waals surface area contributed by atoms with E-state index in [1.165, 1.54) is 0 Å². The van der Waals surface area contributed by atoms with Crippen LogP contribution in [0.15, 0.2) is 0 Å². The second kappa shape index (κ2) is 5.45. The Bertz CT molecular complexity index is 239. The Morgan fingerprint density at radius 3 is 2.00 bits per heavy atom. The van der Waals surface area contributed by atoms with Gasteiger partial charge in [0, 0.05) is 6.04 Å². The van der Waals surface area contributed by atoms with Crippen molar-refractivity contribution in [2.75, 3.05) is 0 Å². The minimum absolute atomic E-state index is 0.313. The highest BCUT2D eigenvalue weighted by Gasteiger charge is 2.63. The lowest BCUT2D eigenvalue weighted by atomic mass is 10.1. The number of alkyl halides is 5. The van der Waals surface area contributed by atoms with E-state index in [9.17, 15) is 26.7 Å². The molecular formula is C9H14F5NO. The lowest BCUT2D eigenvalue weighted by Crippen LogP contribution is -2.52. The molecule has 0 saturated heterocycles. The summed E-state index contributed by atoms with van der Waals surface area (Å²) in [6.07, 6.45) is -4.57. The zero-order valence-corrected chi connectivity index (χ0v) is 9.00. The minimum atomic E-state index is -5.85. The van der Waals surface area contributed by atoms with E-state index in [4.69, 9.17) is 0 Å². The Morgan fingerprint density at radius 2 is 1.69 bits per heavy atom. The number of hydrogen-bond acceptors (Lipinski definition) is 1. The number of amides is 1. The van der Waals surface area contributed by atoms with Crippen molar-refractivity contribution >= 4 is 5.91 Å². The molecule has 2 nitrogen and oxygen atoms in total. The van der Waals surface area contributed by atoms with Crippen molar-refractivity contribution in [3.63, 3.8) is 0 Å². The third-order valence-electron chi connectivity index (χ3n) is 2.11. The van der Waals surface area contributed by atoms with Crippen molar-refractivity contribution in [1.29, 1.82) is 0 Å². The van der Waals surface area contributed by atoms with Crippen molar-refractivity contribution in [3.05, 3.63) is 0 Å². The molecule has 0 bridgehead atoms. The standard InChI is InChI=1S/C9H14F5NO/c1-3-5-6(4-2)15-7(16)8(10,11)9(12,13)14/h6H,3-5H2,1-2H3,(H,15,16). The van der Waals surface area contributed by atoms with Gasteiger partial charge in [0.2, 0.25) is 0 Å². The maximum Gasteiger partial charge on any atom is 0.463 e. The summed E-state index contributed by atoms with van der Waals surface area (Å²) in [5.41, 5.74) is 0. The largest absolute Gasteiger partial charge is 0.463 e. The van der Waals surface area contributed by atoms with Crippen LogP contribution in [0.3, 0.4) is 0 Å². The van der Waals surface area contributed by atoms with Crippen LogP contribution < -0.4 is 5.32 Å². The molecule has 0 aliphatic carbocycles. The third-order valence-corrected chi connectivity index (χ3v) is 2.11. The van der Waals surface area contributed by atoms with Crippen LogP contribution in [0.25, 0.3) is 0 Å². The van der Waals surface area contributed by atoms with E-state index in [0.717, 1.165) is 0 Å². The Labute approximate surface area is 90.2 Å². The Morgan fingerprint density at radius 1 is 1.19 bits per heavy atom. The first-order valence-electron chi connectivity index (χ1n) is 4.92. The predicted octanol–water partition coefficient (Wildman–Crippen LogP) is 2.88. The molecule has 0 spiro atoms. The van der Waals surface area contributed by atoms with Crippen LogP contribution in [0, 0.1) is 0 Å². The van der Waals surface area contributed by atoms with Gasteiger partial charge in [-0.1, -0.05) is 20.3 Å². The summed E-state index contributed by atoms with van der Waals surface area (Å²) in [5, 5.41) is 1.71. The van der Waals surface area contributed by atoms with Crippen LogP contribution in [0.1, 0.15) is 33.1 Å². The van der Waals surface area contributed by atoms with Gasteiger partial charge in [-0.2, -0.15) is 22.0 Å². The van der Waals surface area contributed by atoms with Crippen molar-refractivity contribution in [3.8, 4) is 0 Å². The summed E-state index contributed by atoms with van der Waals surface area (Å²) in [7, 11) is 0. The highest BCUT2D eigenvalue weighted by Crippen LogP contribution is 2.35. The van der Waals surface area contributed by atoms with E-state index in [1.54, 1.807) is 19.2 Å². The average Bonchev–Trinajstić information content (AvgIpc) is 2.15. The van der Waals surface area contributed by atoms with Crippen molar-refractivity contribution in [1.82, 2.24) is 5.32 Å². The Hall–Kier alpha value is -0.880. The lowest BCUT2D eigenvalue weighted by molar-refractivity contribution is -0.270. The topological polar surface area (TPSA) is 29.1 Å². The summed E-state index contributed by atoms with van der Waals surface area (Å²) in [5.74, 6) is -7.60. The molecule has 0 heterocycles. The van der Waals surface area contributed by atoms with Gasteiger partial charge in [-0.05, 0) is 12.8 Å². The summed E-state index contributed by atoms with van der Waals surface area (Å²) in [6.45, 7) is 3.35. The van der Waals surface area contributed by atoms with Gasteiger partial charge in [0.15, 0.2) is 0 Å². The third kappa shape index (κ3) is 3.61. The highest BCUT2D eigenvalue weighted by molar-refractivity contribution is 5.84. The molecule has 0 saturated carbocycles. The van der Waals surface area contributed by atoms with E-state index in [2.05, 4.69) is 0 Å². The highest BCUT2D eigenvalue weighted by atomic mass is 19.4. The van der Waals surface area contributed by atoms with E-state index >= 15 is 0 Å². The SMILES string of the molecule is CCCC(CC)NC(=O)C(F)(F)C(F)(F)F. The fourth-order valence-electron chi connectivity index (χ4n) is 1.13. The molecule has 0 fully saturated rings. The monoisotopic (exact) mass is 247 g/mol. The van der Waals surface area contributed by atoms with Crippen LogP contribution in [0.4, 0.5) is 22.0 Å². The molecule has 0 aromatic heterocycles. The summed E-state index contributed by atoms with van der Waals surface area (Å²) in [6, 6.07) is -0.647. The second-order valence-electron chi connectivity index (χ2n) is 3.44. The van der Waals surface area contributed by atoms with Gasteiger partial charge in [0.1, 0.15) is 0 Å². The van der Waals surface area contributed by atoms with Gasteiger partial charge < -0.3 is 5.32 Å². The maximum atomic E-state index is 12.5. The molecule has 1 unspecified atom stereocenters. The van der Waals surface area contributed by atoms with Crippen LogP contribution >= 0.6 is 0 Å². The molecule has 0 rings (SSSR count). The molecule has 96 valence electrons. The zero-order valence-electron chi connectivity index (χ0n) is 9.00. The number of hydrogen-bond donors (Lipinski definition) is 1. The molecule has 0 aromatic rings. The van der Waals surface area contributed by atoms with Gasteiger partial charge >= 0.3 is 18.0 Å². The molecule has 0 radical (unpaired) electrons. The number of carbonyl (C=O) groups is 1. The molecular weight excluding hydrogens is 233 g/mol. The molecule has 1 atom stereocenters. The number of carbonyl (C=O) groups excluding carboxylic acids is 1. The minimum Gasteiger partial charge on any atom is -0.348 e. The molecule has 0 aliphatic heterocycles. The number of halogens is 5. The lowest BCUT2D eigenvalue weighted by Gasteiger charge is -2.22. The summed E-state index contributed by atoms with van der Waals surface area (Å²) in [4.78, 5) is 10.8. The smallest absolute Gasteiger partial charge is 0.348 e. The van der Waals surface area contributed by atoms with Crippen LogP contribution in [0.5, 0.6) is 0 Å². The van der Waals surface area contributed by atoms with Crippen LogP contribution in [-0.2, 0) is 4.79 Å². The van der Waals surface area contributed by atoms with E-state index in [-0.39, 0.29) is 0 Å². The predicted molar refractivity (Wildman–Crippen MR) is 48.1 cm³/mol. The maximum absolute atomic E-state index is 12.5. The van der Waals surface area contributed by atoms with E-state index < -0.39 is 24.0 Å². The van der Waals surface area contributed by atoms with Gasteiger partial charge in [-0.15, -0.1) is 0 Å². The summed E-state index contributed by atoms with van der Waals surface area (Å²) >= 11 is 0. The molecule has 0 aromatic carbocycles. The fourth-order valence-corrected chi connectivity index (χ4v) is 1.13. The molecule has 7 heteroatoms. The first-order chi connectivity index (χ1) is 7.16. The van der Waals surface area contributed by atoms with E-state index in [0.29, 0.717) is 19.3 Å². The van der Waals surface area contributed by atoms with Gasteiger partial charge in [-0.3, -0.25) is 4.79 Å². The van der Waals surface area contributed by atoms with Gasteiger partial charge in [0.25, 0.3) is 0 Å². The number of rotatable bonds is 5. The van der Waals surface area contributed by atoms with Gasteiger partial charge in [0.05, 0.1) is 0 Å². The zero-order chi connectivity index (χ0) is 13.0. The fraction of sp³-hybridized carbons (Fsp3) is 0.889. The normalized spacial score (nSPS) is 14.7. The second-order valence-corrected chi connectivity index (χ2v) is 3.44. The molecule has 16 heavy (non-hydrogen) atoms. The molecule has 0 aliphatic rings. The van der Waals surface area contributed by atoms with E-state index in [1.807, 2.05) is 0 Å². The Kier molecular flexibility index (Phi) is 5.15. The Balaban J connectivity index is 4.56. The van der Waals surface area contributed by atoms with Gasteiger partial charge in [-0.25, -0.2) is 0 Å². The van der Waals surface area contributed by atoms with Crippen molar-refractivity contribution in [2.45, 2.75) is 51.3 Å². The van der Waals surface area contributed by atoms with Crippen LogP contribution in [0.2, 0.25) is 0 Å². The van der Waals surface area contributed by atoms with Crippen molar-refractivity contribution in [2.24, 2.45) is 0 Å². The number of nitrogens with one attached hydrogen (secondary N) is 1. The first-order valence-corrected chi connectivity index (χ1v) is 4.92. The quantitative estimate of drug-likeness (QED) is 0.743.